The van der Waals surface area contributed by atoms with E-state index in [9.17, 15) is 4.79 Å². The highest BCUT2D eigenvalue weighted by atomic mass is 16.7. The molecule has 0 bridgehead atoms. The number of carbonyl (C=O) groups is 1. The zero-order valence-electron chi connectivity index (χ0n) is 18.8. The SMILES string of the molecule is [2H]C([2H])(C#CC)C(C)C(=O)/C=C/[C@@H]1[C@H]2CC3(C[C@H]2C[C@H]1C)OCC(C)(C)CO3. The van der Waals surface area contributed by atoms with E-state index < -0.39 is 18.1 Å². The summed E-state index contributed by atoms with van der Waals surface area (Å²) in [7, 11) is 0. The number of fused-ring (bicyclic) bond motifs is 1. The number of carbonyl (C=O) groups excluding carboxylic acids is 1. The normalized spacial score (nSPS) is 37.6. The van der Waals surface area contributed by atoms with Crippen LogP contribution in [0.15, 0.2) is 12.2 Å². The van der Waals surface area contributed by atoms with Crippen molar-refractivity contribution in [1.82, 2.24) is 0 Å². The van der Waals surface area contributed by atoms with Crippen molar-refractivity contribution in [3.8, 4) is 11.8 Å². The van der Waals surface area contributed by atoms with Crippen molar-refractivity contribution in [2.75, 3.05) is 13.2 Å². The third kappa shape index (κ3) is 4.07. The molecule has 1 heterocycles. The summed E-state index contributed by atoms with van der Waals surface area (Å²) < 4.78 is 28.4. The van der Waals surface area contributed by atoms with E-state index in [0.29, 0.717) is 23.7 Å². The first kappa shape index (κ1) is 17.0. The van der Waals surface area contributed by atoms with Gasteiger partial charge in [-0.15, -0.1) is 11.8 Å². The highest BCUT2D eigenvalue weighted by Gasteiger charge is 2.55. The highest BCUT2D eigenvalue weighted by Crippen LogP contribution is 2.57. The molecule has 1 spiro atoms. The minimum absolute atomic E-state index is 0.0680. The Morgan fingerprint density at radius 1 is 1.35 bits per heavy atom. The molecule has 0 aromatic carbocycles. The summed E-state index contributed by atoms with van der Waals surface area (Å²) in [4.78, 5) is 12.5. The van der Waals surface area contributed by atoms with Crippen LogP contribution in [-0.4, -0.2) is 24.8 Å². The van der Waals surface area contributed by atoms with Crippen molar-refractivity contribution < 1.29 is 17.0 Å². The lowest BCUT2D eigenvalue weighted by atomic mass is 9.86. The average Bonchev–Trinajstić information content (AvgIpc) is 3.08. The number of allylic oxidation sites excluding steroid dienone is 2. The second kappa shape index (κ2) is 7.49. The topological polar surface area (TPSA) is 35.5 Å². The first-order chi connectivity index (χ1) is 13.0. The molecule has 2 aliphatic carbocycles. The summed E-state index contributed by atoms with van der Waals surface area (Å²) in [6.07, 6.45) is 4.79. The summed E-state index contributed by atoms with van der Waals surface area (Å²) in [5.74, 6) is 5.55. The molecule has 3 fully saturated rings. The van der Waals surface area contributed by atoms with Gasteiger partial charge in [0.05, 0.1) is 13.2 Å². The fraction of sp³-hybridized carbons (Fsp3) is 0.783. The van der Waals surface area contributed by atoms with Gasteiger partial charge in [0.1, 0.15) is 0 Å². The van der Waals surface area contributed by atoms with E-state index in [0.717, 1.165) is 32.5 Å². The maximum absolute atomic E-state index is 12.5. The van der Waals surface area contributed by atoms with Gasteiger partial charge < -0.3 is 9.47 Å². The van der Waals surface area contributed by atoms with Crippen LogP contribution in [0.25, 0.3) is 0 Å². The molecule has 1 aliphatic heterocycles. The Kier molecular flexibility index (Phi) is 4.90. The van der Waals surface area contributed by atoms with Gasteiger partial charge in [0, 0.05) is 33.3 Å². The molecular weight excluding hydrogens is 324 g/mol. The minimum Gasteiger partial charge on any atom is -0.349 e. The number of rotatable bonds is 4. The van der Waals surface area contributed by atoms with Gasteiger partial charge in [0.15, 0.2) is 11.6 Å². The summed E-state index contributed by atoms with van der Waals surface area (Å²) in [5, 5.41) is 0. The van der Waals surface area contributed by atoms with Crippen molar-refractivity contribution in [1.29, 1.82) is 0 Å². The van der Waals surface area contributed by atoms with Crippen LogP contribution in [0.4, 0.5) is 0 Å². The van der Waals surface area contributed by atoms with Crippen molar-refractivity contribution in [2.45, 2.75) is 66.0 Å². The van der Waals surface area contributed by atoms with E-state index in [1.807, 2.05) is 6.08 Å². The smallest absolute Gasteiger partial charge is 0.168 e. The lowest BCUT2D eigenvalue weighted by Crippen LogP contribution is -2.46. The van der Waals surface area contributed by atoms with E-state index >= 15 is 0 Å². The fourth-order valence-electron chi connectivity index (χ4n) is 4.83. The van der Waals surface area contributed by atoms with Gasteiger partial charge in [-0.25, -0.2) is 0 Å². The molecule has 3 aliphatic rings. The molecule has 3 nitrogen and oxygen atoms in total. The largest absolute Gasteiger partial charge is 0.349 e. The molecule has 5 atom stereocenters. The third-order valence-electron chi connectivity index (χ3n) is 6.33. The van der Waals surface area contributed by atoms with Gasteiger partial charge in [0.2, 0.25) is 0 Å². The van der Waals surface area contributed by atoms with Crippen LogP contribution in [0.3, 0.4) is 0 Å². The lowest BCUT2D eigenvalue weighted by molar-refractivity contribution is -0.298. The van der Waals surface area contributed by atoms with Crippen LogP contribution in [-0.2, 0) is 14.3 Å². The van der Waals surface area contributed by atoms with E-state index in [-0.39, 0.29) is 11.2 Å². The number of hydrogen-bond donors (Lipinski definition) is 0. The Morgan fingerprint density at radius 2 is 2.04 bits per heavy atom. The number of hydrogen-bond acceptors (Lipinski definition) is 3. The van der Waals surface area contributed by atoms with Crippen molar-refractivity contribution in [3.63, 3.8) is 0 Å². The molecule has 1 unspecified atom stereocenters. The van der Waals surface area contributed by atoms with Gasteiger partial charge in [-0.3, -0.25) is 4.79 Å². The number of ether oxygens (including phenoxy) is 2. The quantitative estimate of drug-likeness (QED) is 0.542. The predicted molar refractivity (Wildman–Crippen MR) is 103 cm³/mol. The zero-order chi connectivity index (χ0) is 20.7. The Morgan fingerprint density at radius 3 is 2.69 bits per heavy atom. The molecule has 0 aromatic heterocycles. The maximum Gasteiger partial charge on any atom is 0.168 e. The molecule has 0 amide bonds. The highest BCUT2D eigenvalue weighted by molar-refractivity contribution is 5.91. The molecule has 2 saturated carbocycles. The first-order valence-corrected chi connectivity index (χ1v) is 9.92. The van der Waals surface area contributed by atoms with Gasteiger partial charge in [-0.05, 0) is 43.1 Å². The van der Waals surface area contributed by atoms with Crippen molar-refractivity contribution in [3.05, 3.63) is 12.2 Å². The van der Waals surface area contributed by atoms with Gasteiger partial charge >= 0.3 is 0 Å². The Balaban J connectivity index is 1.67. The predicted octanol–water partition coefficient (Wildman–Crippen LogP) is 4.61. The van der Waals surface area contributed by atoms with Crippen LogP contribution >= 0.6 is 0 Å². The molecule has 3 rings (SSSR count). The molecule has 0 N–H and O–H groups in total. The van der Waals surface area contributed by atoms with Gasteiger partial charge in [-0.2, -0.15) is 0 Å². The van der Waals surface area contributed by atoms with Crippen LogP contribution < -0.4 is 0 Å². The summed E-state index contributed by atoms with van der Waals surface area (Å²) in [5.41, 5.74) is 0.0680. The monoisotopic (exact) mass is 360 g/mol. The minimum atomic E-state index is -1.80. The van der Waals surface area contributed by atoms with Gasteiger partial charge in [0.25, 0.3) is 0 Å². The van der Waals surface area contributed by atoms with Gasteiger partial charge in [-0.1, -0.05) is 33.8 Å². The molecule has 144 valence electrons. The summed E-state index contributed by atoms with van der Waals surface area (Å²) in [6.45, 7) is 11.3. The van der Waals surface area contributed by atoms with Crippen LogP contribution in [0.5, 0.6) is 0 Å². The van der Waals surface area contributed by atoms with E-state index in [2.05, 4.69) is 32.6 Å². The molecule has 1 saturated heterocycles. The first-order valence-electron chi connectivity index (χ1n) is 10.9. The van der Waals surface area contributed by atoms with Crippen LogP contribution in [0.1, 0.15) is 63.0 Å². The van der Waals surface area contributed by atoms with E-state index in [4.69, 9.17) is 12.2 Å². The lowest BCUT2D eigenvalue weighted by Gasteiger charge is -2.42. The average molecular weight is 361 g/mol. The Bertz CT molecular complexity index is 690. The molecule has 0 aromatic rings. The zero-order valence-corrected chi connectivity index (χ0v) is 16.8. The van der Waals surface area contributed by atoms with E-state index in [1.165, 1.54) is 0 Å². The van der Waals surface area contributed by atoms with E-state index in [1.54, 1.807) is 19.9 Å². The Hall–Kier alpha value is -1.11. The Labute approximate surface area is 161 Å². The number of ketones is 1. The fourth-order valence-corrected chi connectivity index (χ4v) is 4.83. The van der Waals surface area contributed by atoms with Crippen LogP contribution in [0, 0.1) is 46.8 Å². The third-order valence-corrected chi connectivity index (χ3v) is 6.33. The molecule has 3 heteroatoms. The standard InChI is InChI=1S/C23H34O3/c1-6-7-8-16(2)21(24)10-9-19-17(3)11-18-12-23(13-20(18)19)25-14-22(4,5)15-26-23/h9-10,16-20H,8,11-15H2,1-5H3/b10-9+/t16?,17-,18-,19+,20+/m1/s1/i8D2. The summed E-state index contributed by atoms with van der Waals surface area (Å²) >= 11 is 0. The second-order valence-corrected chi connectivity index (χ2v) is 9.28. The summed E-state index contributed by atoms with van der Waals surface area (Å²) in [6, 6.07) is 0. The maximum atomic E-state index is 12.5. The molecule has 26 heavy (non-hydrogen) atoms. The van der Waals surface area contributed by atoms with Crippen LogP contribution in [0.2, 0.25) is 0 Å². The van der Waals surface area contributed by atoms with Crippen molar-refractivity contribution in [2.24, 2.45) is 35.0 Å². The second-order valence-electron chi connectivity index (χ2n) is 9.28. The molecule has 0 radical (unpaired) electrons. The van der Waals surface area contributed by atoms with Crippen molar-refractivity contribution >= 4 is 5.78 Å². The molecular formula is C23H34O3.